The molecule has 4 heteroatoms. The third-order valence-electron chi connectivity index (χ3n) is 2.79. The highest BCUT2D eigenvalue weighted by Crippen LogP contribution is 2.33. The lowest BCUT2D eigenvalue weighted by Crippen LogP contribution is -2.08. The van der Waals surface area contributed by atoms with E-state index < -0.39 is 9.84 Å². The van der Waals surface area contributed by atoms with Crippen molar-refractivity contribution in [2.45, 2.75) is 24.6 Å². The van der Waals surface area contributed by atoms with E-state index in [9.17, 15) is 8.42 Å². The van der Waals surface area contributed by atoms with E-state index in [1.54, 1.807) is 0 Å². The van der Waals surface area contributed by atoms with Crippen molar-refractivity contribution in [2.24, 2.45) is 5.92 Å². The molecule has 1 rings (SSSR count). The van der Waals surface area contributed by atoms with E-state index in [1.165, 1.54) is 11.8 Å². The quantitative estimate of drug-likeness (QED) is 0.751. The van der Waals surface area contributed by atoms with Gasteiger partial charge in [0.05, 0.1) is 0 Å². The van der Waals surface area contributed by atoms with E-state index in [-0.39, 0.29) is 5.75 Å². The Morgan fingerprint density at radius 2 is 1.82 bits per heavy atom. The summed E-state index contributed by atoms with van der Waals surface area (Å²) in [7, 11) is -2.83. The summed E-state index contributed by atoms with van der Waals surface area (Å²) >= 11 is 3.68. The molecule has 0 bridgehead atoms. The Balaban J connectivity index is 2.45. The van der Waals surface area contributed by atoms with Crippen molar-refractivity contribution in [3.8, 4) is 0 Å². The second-order valence-electron chi connectivity index (χ2n) is 4.56. The molecule has 0 aliphatic rings. The molecule has 2 unspecified atom stereocenters. The van der Waals surface area contributed by atoms with Crippen LogP contribution in [0.2, 0.25) is 0 Å². The smallest absolute Gasteiger partial charge is 0.147 e. The molecule has 0 aliphatic carbocycles. The number of hydrogen-bond donors (Lipinski definition) is 0. The summed E-state index contributed by atoms with van der Waals surface area (Å²) in [6.45, 7) is 2.15. The molecule has 0 radical (unpaired) electrons. The fourth-order valence-electron chi connectivity index (χ4n) is 1.78. The molecule has 0 spiro atoms. The molecule has 2 atom stereocenters. The van der Waals surface area contributed by atoms with Crippen LogP contribution in [0, 0.1) is 5.92 Å². The summed E-state index contributed by atoms with van der Waals surface area (Å²) in [4.78, 5) is 0.295. The molecule has 0 saturated carbocycles. The van der Waals surface area contributed by atoms with Gasteiger partial charge in [-0.25, -0.2) is 8.42 Å². The number of halogens is 1. The minimum Gasteiger partial charge on any atom is -0.229 e. The van der Waals surface area contributed by atoms with Crippen molar-refractivity contribution < 1.29 is 8.42 Å². The highest BCUT2D eigenvalue weighted by molar-refractivity contribution is 9.09. The first-order valence-electron chi connectivity index (χ1n) is 5.77. The minimum atomic E-state index is -2.83. The lowest BCUT2D eigenvalue weighted by molar-refractivity contribution is 0.515. The zero-order chi connectivity index (χ0) is 12.9. The second-order valence-corrected chi connectivity index (χ2v) is 7.81. The SMILES string of the molecule is CC(CCCS(C)(=O)=O)C(Br)c1ccccc1. The van der Waals surface area contributed by atoms with Crippen molar-refractivity contribution in [3.05, 3.63) is 35.9 Å². The van der Waals surface area contributed by atoms with Crippen LogP contribution in [0.3, 0.4) is 0 Å². The Kier molecular flexibility index (Phi) is 5.67. The van der Waals surface area contributed by atoms with Gasteiger partial charge in [-0.2, -0.15) is 0 Å². The Bertz CT molecular complexity index is 428. The summed E-state index contributed by atoms with van der Waals surface area (Å²) in [6.07, 6.45) is 2.94. The van der Waals surface area contributed by atoms with Crippen LogP contribution < -0.4 is 0 Å². The van der Waals surface area contributed by atoms with Gasteiger partial charge in [-0.3, -0.25) is 0 Å². The van der Waals surface area contributed by atoms with E-state index in [1.807, 2.05) is 18.2 Å². The minimum absolute atomic E-state index is 0.284. The van der Waals surface area contributed by atoms with Gasteiger partial charge in [0, 0.05) is 16.8 Å². The Hall–Kier alpha value is -0.350. The number of hydrogen-bond acceptors (Lipinski definition) is 2. The first kappa shape index (κ1) is 14.7. The maximum Gasteiger partial charge on any atom is 0.147 e. The van der Waals surface area contributed by atoms with Gasteiger partial charge < -0.3 is 0 Å². The Labute approximate surface area is 112 Å². The van der Waals surface area contributed by atoms with Gasteiger partial charge in [0.25, 0.3) is 0 Å². The third kappa shape index (κ3) is 5.68. The van der Waals surface area contributed by atoms with E-state index in [4.69, 9.17) is 0 Å². The fourth-order valence-corrected chi connectivity index (χ4v) is 3.04. The van der Waals surface area contributed by atoms with E-state index in [0.717, 1.165) is 12.8 Å². The van der Waals surface area contributed by atoms with Crippen molar-refractivity contribution in [1.29, 1.82) is 0 Å². The summed E-state index contributed by atoms with van der Waals surface area (Å²) < 4.78 is 22.1. The molecule has 1 aromatic carbocycles. The predicted molar refractivity (Wildman–Crippen MR) is 76.2 cm³/mol. The molecular formula is C13H19BrO2S. The first-order valence-corrected chi connectivity index (χ1v) is 8.74. The van der Waals surface area contributed by atoms with E-state index in [0.29, 0.717) is 10.7 Å². The molecular weight excluding hydrogens is 300 g/mol. The highest BCUT2D eigenvalue weighted by atomic mass is 79.9. The number of sulfone groups is 1. The molecule has 0 amide bonds. The van der Waals surface area contributed by atoms with Gasteiger partial charge in [0.15, 0.2) is 0 Å². The van der Waals surface area contributed by atoms with Crippen molar-refractivity contribution >= 4 is 25.8 Å². The summed E-state index contributed by atoms with van der Waals surface area (Å²) in [6, 6.07) is 10.2. The van der Waals surface area contributed by atoms with Gasteiger partial charge in [-0.1, -0.05) is 53.2 Å². The lowest BCUT2D eigenvalue weighted by Gasteiger charge is -2.18. The van der Waals surface area contributed by atoms with Gasteiger partial charge in [-0.15, -0.1) is 0 Å². The second kappa shape index (κ2) is 6.55. The van der Waals surface area contributed by atoms with Crippen LogP contribution in [0.5, 0.6) is 0 Å². The van der Waals surface area contributed by atoms with Crippen molar-refractivity contribution in [1.82, 2.24) is 0 Å². The van der Waals surface area contributed by atoms with Gasteiger partial charge in [0.2, 0.25) is 0 Å². The first-order chi connectivity index (χ1) is 7.90. The largest absolute Gasteiger partial charge is 0.229 e. The third-order valence-corrected chi connectivity index (χ3v) is 5.25. The lowest BCUT2D eigenvalue weighted by atomic mass is 9.97. The highest BCUT2D eigenvalue weighted by Gasteiger charge is 2.16. The van der Waals surface area contributed by atoms with Crippen LogP contribution in [-0.4, -0.2) is 20.4 Å². The maximum absolute atomic E-state index is 11.0. The summed E-state index contributed by atoms with van der Waals surface area (Å²) in [5, 5.41) is 0. The zero-order valence-electron chi connectivity index (χ0n) is 10.3. The van der Waals surface area contributed by atoms with Gasteiger partial charge in [0.1, 0.15) is 9.84 Å². The predicted octanol–water partition coefficient (Wildman–Crippen LogP) is 3.58. The van der Waals surface area contributed by atoms with Crippen LogP contribution in [0.25, 0.3) is 0 Å². The molecule has 1 aromatic rings. The molecule has 0 aromatic heterocycles. The van der Waals surface area contributed by atoms with Crippen molar-refractivity contribution in [3.63, 3.8) is 0 Å². The van der Waals surface area contributed by atoms with Crippen molar-refractivity contribution in [2.75, 3.05) is 12.0 Å². The average Bonchev–Trinajstić information content (AvgIpc) is 2.27. The van der Waals surface area contributed by atoms with Crippen LogP contribution in [0.4, 0.5) is 0 Å². The topological polar surface area (TPSA) is 34.1 Å². The van der Waals surface area contributed by atoms with Crippen LogP contribution in [0.1, 0.15) is 30.2 Å². The molecule has 0 N–H and O–H groups in total. The number of alkyl halides is 1. The van der Waals surface area contributed by atoms with Crippen LogP contribution in [-0.2, 0) is 9.84 Å². The maximum atomic E-state index is 11.0. The monoisotopic (exact) mass is 318 g/mol. The summed E-state index contributed by atoms with van der Waals surface area (Å²) in [5.41, 5.74) is 1.25. The van der Waals surface area contributed by atoms with E-state index in [2.05, 4.69) is 35.0 Å². The number of rotatable bonds is 6. The Morgan fingerprint density at radius 3 is 2.35 bits per heavy atom. The normalized spacial score (nSPS) is 15.5. The fraction of sp³-hybridized carbons (Fsp3) is 0.538. The van der Waals surface area contributed by atoms with Gasteiger partial charge in [-0.05, 0) is 24.3 Å². The average molecular weight is 319 g/mol. The molecule has 0 aliphatic heterocycles. The summed E-state index contributed by atoms with van der Waals surface area (Å²) in [5.74, 6) is 0.713. The molecule has 0 heterocycles. The molecule has 17 heavy (non-hydrogen) atoms. The molecule has 0 saturated heterocycles. The molecule has 2 nitrogen and oxygen atoms in total. The van der Waals surface area contributed by atoms with E-state index >= 15 is 0 Å². The van der Waals surface area contributed by atoms with Crippen LogP contribution in [0.15, 0.2) is 30.3 Å². The van der Waals surface area contributed by atoms with Crippen LogP contribution >= 0.6 is 15.9 Å². The molecule has 96 valence electrons. The zero-order valence-corrected chi connectivity index (χ0v) is 12.7. The Morgan fingerprint density at radius 1 is 1.24 bits per heavy atom. The molecule has 0 fully saturated rings. The number of benzene rings is 1. The standard InChI is InChI=1S/C13H19BrO2S/c1-11(7-6-10-17(2,15)16)13(14)12-8-4-3-5-9-12/h3-5,8-9,11,13H,6-7,10H2,1-2H3. The van der Waals surface area contributed by atoms with Gasteiger partial charge >= 0.3 is 0 Å².